The Morgan fingerprint density at radius 2 is 1.27 bits per heavy atom. The van der Waals surface area contributed by atoms with Gasteiger partial charge in [-0.1, -0.05) is 13.2 Å². The van der Waals surface area contributed by atoms with E-state index in [-0.39, 0.29) is 13.6 Å². The third-order valence-electron chi connectivity index (χ3n) is 1.35. The zero-order valence-electron chi connectivity index (χ0n) is 9.58. The van der Waals surface area contributed by atoms with Gasteiger partial charge in [0.2, 0.25) is 0 Å². The van der Waals surface area contributed by atoms with E-state index in [1.54, 1.807) is 13.8 Å². The molecule has 88 valence electrons. The first kappa shape index (κ1) is 14.0. The minimum Gasteiger partial charge on any atom is -0.473 e. The molecule has 0 aliphatic carbocycles. The van der Waals surface area contributed by atoms with Gasteiger partial charge in [-0.3, -0.25) is 0 Å². The minimum absolute atomic E-state index is 0.248. The second-order valence-electron chi connectivity index (χ2n) is 3.10. The van der Waals surface area contributed by atoms with Gasteiger partial charge >= 0.3 is 0 Å². The summed E-state index contributed by atoms with van der Waals surface area (Å²) in [7, 11) is 0. The van der Waals surface area contributed by atoms with Crippen molar-refractivity contribution in [2.24, 2.45) is 0 Å². The summed E-state index contributed by atoms with van der Waals surface area (Å²) in [6.07, 6.45) is 0.805. The SMILES string of the molecule is C=C(C)OCOCCCOCOC(=C)C. The molecule has 0 aromatic rings. The highest BCUT2D eigenvalue weighted by atomic mass is 16.7. The number of hydrogen-bond donors (Lipinski definition) is 0. The van der Waals surface area contributed by atoms with Crippen LogP contribution in [0.15, 0.2) is 24.7 Å². The maximum atomic E-state index is 5.15. The molecule has 0 radical (unpaired) electrons. The van der Waals surface area contributed by atoms with E-state index < -0.39 is 0 Å². The van der Waals surface area contributed by atoms with Crippen LogP contribution in [0.1, 0.15) is 20.3 Å². The predicted octanol–water partition coefficient (Wildman–Crippen LogP) is 2.43. The van der Waals surface area contributed by atoms with Crippen molar-refractivity contribution in [3.63, 3.8) is 0 Å². The Labute approximate surface area is 91.5 Å². The molecule has 0 aromatic carbocycles. The lowest BCUT2D eigenvalue weighted by molar-refractivity contribution is -0.0492. The van der Waals surface area contributed by atoms with Crippen LogP contribution in [-0.4, -0.2) is 26.8 Å². The Kier molecular flexibility index (Phi) is 8.91. The lowest BCUT2D eigenvalue weighted by Gasteiger charge is -2.07. The number of allylic oxidation sites excluding steroid dienone is 2. The summed E-state index contributed by atoms with van der Waals surface area (Å²) < 4.78 is 20.3. The van der Waals surface area contributed by atoms with Crippen molar-refractivity contribution >= 4 is 0 Å². The molecule has 0 bridgehead atoms. The van der Waals surface area contributed by atoms with Crippen molar-refractivity contribution in [1.29, 1.82) is 0 Å². The van der Waals surface area contributed by atoms with E-state index in [9.17, 15) is 0 Å². The third-order valence-corrected chi connectivity index (χ3v) is 1.35. The molecule has 0 atom stereocenters. The van der Waals surface area contributed by atoms with E-state index >= 15 is 0 Å². The van der Waals surface area contributed by atoms with Gasteiger partial charge in [-0.25, -0.2) is 0 Å². The van der Waals surface area contributed by atoms with Crippen LogP contribution in [0.4, 0.5) is 0 Å². The third kappa shape index (κ3) is 13.0. The van der Waals surface area contributed by atoms with Crippen molar-refractivity contribution in [2.45, 2.75) is 20.3 Å². The number of rotatable bonds is 10. The van der Waals surface area contributed by atoms with Gasteiger partial charge in [-0.05, 0) is 20.3 Å². The lowest BCUT2D eigenvalue weighted by Crippen LogP contribution is -2.05. The number of hydrogen-bond acceptors (Lipinski definition) is 4. The Bertz CT molecular complexity index is 169. The molecule has 0 rings (SSSR count). The molecule has 0 saturated carbocycles. The van der Waals surface area contributed by atoms with Crippen molar-refractivity contribution < 1.29 is 18.9 Å². The molecule has 0 amide bonds. The summed E-state index contributed by atoms with van der Waals surface area (Å²) >= 11 is 0. The molecule has 0 aliphatic heterocycles. The second-order valence-corrected chi connectivity index (χ2v) is 3.10. The summed E-state index contributed by atoms with van der Waals surface area (Å²) in [5.74, 6) is 1.31. The van der Waals surface area contributed by atoms with E-state index in [0.29, 0.717) is 24.7 Å². The van der Waals surface area contributed by atoms with Crippen LogP contribution in [0.5, 0.6) is 0 Å². The molecule has 4 nitrogen and oxygen atoms in total. The molecule has 0 heterocycles. The molecule has 4 heteroatoms. The molecule has 0 aromatic heterocycles. The Morgan fingerprint density at radius 3 is 1.60 bits per heavy atom. The highest BCUT2D eigenvalue weighted by molar-refractivity contribution is 4.72. The summed E-state index contributed by atoms with van der Waals surface area (Å²) in [4.78, 5) is 0. The average Bonchev–Trinajstić information content (AvgIpc) is 2.14. The van der Waals surface area contributed by atoms with E-state index in [1.165, 1.54) is 0 Å². The first-order chi connectivity index (χ1) is 7.13. The highest BCUT2D eigenvalue weighted by Gasteiger charge is 1.91. The van der Waals surface area contributed by atoms with Gasteiger partial charge < -0.3 is 18.9 Å². The maximum absolute atomic E-state index is 5.15. The zero-order chi connectivity index (χ0) is 11.5. The van der Waals surface area contributed by atoms with Crippen LogP contribution < -0.4 is 0 Å². The normalized spacial score (nSPS) is 9.73. The smallest absolute Gasteiger partial charge is 0.188 e. The maximum Gasteiger partial charge on any atom is 0.188 e. The monoisotopic (exact) mass is 216 g/mol. The highest BCUT2D eigenvalue weighted by Crippen LogP contribution is 1.93. The van der Waals surface area contributed by atoms with Crippen LogP contribution in [0, 0.1) is 0 Å². The fraction of sp³-hybridized carbons (Fsp3) is 0.636. The second kappa shape index (κ2) is 9.55. The van der Waals surface area contributed by atoms with Gasteiger partial charge in [0.05, 0.1) is 24.7 Å². The van der Waals surface area contributed by atoms with Crippen LogP contribution >= 0.6 is 0 Å². The summed E-state index contributed by atoms with van der Waals surface area (Å²) in [6.45, 7) is 12.4. The minimum atomic E-state index is 0.248. The standard InChI is InChI=1S/C11H20O4/c1-10(2)14-8-12-6-5-7-13-9-15-11(3)4/h1,3,5-9H2,2,4H3. The first-order valence-corrected chi connectivity index (χ1v) is 4.85. The van der Waals surface area contributed by atoms with Crippen LogP contribution in [0.3, 0.4) is 0 Å². The van der Waals surface area contributed by atoms with Gasteiger partial charge in [-0.2, -0.15) is 0 Å². The molecule has 0 spiro atoms. The van der Waals surface area contributed by atoms with Crippen LogP contribution in [-0.2, 0) is 18.9 Å². The molecule has 15 heavy (non-hydrogen) atoms. The van der Waals surface area contributed by atoms with E-state index in [1.807, 2.05) is 0 Å². The molecule has 0 aliphatic rings. The van der Waals surface area contributed by atoms with E-state index in [2.05, 4.69) is 13.2 Å². The lowest BCUT2D eigenvalue weighted by atomic mass is 10.5. The van der Waals surface area contributed by atoms with Crippen molar-refractivity contribution in [2.75, 3.05) is 26.8 Å². The fourth-order valence-electron chi connectivity index (χ4n) is 0.665. The quantitative estimate of drug-likeness (QED) is 0.319. The Hall–Kier alpha value is -1.00. The van der Waals surface area contributed by atoms with Crippen molar-refractivity contribution in [1.82, 2.24) is 0 Å². The Balaban J connectivity index is 2.99. The van der Waals surface area contributed by atoms with E-state index in [0.717, 1.165) is 6.42 Å². The fourth-order valence-corrected chi connectivity index (χ4v) is 0.665. The molecule has 0 fully saturated rings. The number of ether oxygens (including phenoxy) is 4. The topological polar surface area (TPSA) is 36.9 Å². The molecule has 0 unspecified atom stereocenters. The zero-order valence-corrected chi connectivity index (χ0v) is 9.58. The van der Waals surface area contributed by atoms with Gasteiger partial charge in [0.25, 0.3) is 0 Å². The van der Waals surface area contributed by atoms with Gasteiger partial charge in [0.1, 0.15) is 0 Å². The largest absolute Gasteiger partial charge is 0.473 e. The van der Waals surface area contributed by atoms with Crippen LogP contribution in [0.25, 0.3) is 0 Å². The summed E-state index contributed by atoms with van der Waals surface area (Å²) in [6, 6.07) is 0. The van der Waals surface area contributed by atoms with E-state index in [4.69, 9.17) is 18.9 Å². The Morgan fingerprint density at radius 1 is 0.867 bits per heavy atom. The van der Waals surface area contributed by atoms with Crippen LogP contribution in [0.2, 0.25) is 0 Å². The molecular weight excluding hydrogens is 196 g/mol. The van der Waals surface area contributed by atoms with Crippen molar-refractivity contribution in [3.8, 4) is 0 Å². The van der Waals surface area contributed by atoms with Gasteiger partial charge in [-0.15, -0.1) is 0 Å². The molecular formula is C11H20O4. The average molecular weight is 216 g/mol. The van der Waals surface area contributed by atoms with Gasteiger partial charge in [0.15, 0.2) is 13.6 Å². The molecule has 0 N–H and O–H groups in total. The predicted molar refractivity (Wildman–Crippen MR) is 58.1 cm³/mol. The first-order valence-electron chi connectivity index (χ1n) is 4.85. The summed E-state index contributed by atoms with van der Waals surface area (Å²) in [5.41, 5.74) is 0. The van der Waals surface area contributed by atoms with Crippen molar-refractivity contribution in [3.05, 3.63) is 24.7 Å². The van der Waals surface area contributed by atoms with Gasteiger partial charge in [0, 0.05) is 0 Å². The molecule has 0 saturated heterocycles. The summed E-state index contributed by atoms with van der Waals surface area (Å²) in [5, 5.41) is 0.